The summed E-state index contributed by atoms with van der Waals surface area (Å²) in [5.74, 6) is -1.26. The summed E-state index contributed by atoms with van der Waals surface area (Å²) >= 11 is 1.19. The fourth-order valence-electron chi connectivity index (χ4n) is 6.67. The van der Waals surface area contributed by atoms with Gasteiger partial charge in [0.1, 0.15) is 5.00 Å². The second kappa shape index (κ2) is 13.8. The van der Waals surface area contributed by atoms with E-state index >= 15 is 0 Å². The lowest BCUT2D eigenvalue weighted by Gasteiger charge is -2.40. The number of nitrogens with zero attached hydrogens (tertiary/aromatic N) is 2. The van der Waals surface area contributed by atoms with Crippen molar-refractivity contribution in [3.05, 3.63) is 45.8 Å². The molecule has 2 aliphatic carbocycles. The Morgan fingerprint density at radius 2 is 1.48 bits per heavy atom. The third kappa shape index (κ3) is 6.84. The Labute approximate surface area is 262 Å². The van der Waals surface area contributed by atoms with E-state index in [1.165, 1.54) is 49.6 Å². The molecule has 0 saturated heterocycles. The predicted molar refractivity (Wildman–Crippen MR) is 168 cm³/mol. The summed E-state index contributed by atoms with van der Waals surface area (Å²) < 4.78 is 29.9. The number of sulfonamides is 1. The lowest BCUT2D eigenvalue weighted by Crippen LogP contribution is -2.48. The molecule has 0 bridgehead atoms. The van der Waals surface area contributed by atoms with Crippen LogP contribution in [0.2, 0.25) is 0 Å². The van der Waals surface area contributed by atoms with Crippen LogP contribution in [-0.4, -0.2) is 67.1 Å². The Morgan fingerprint density at radius 3 is 2.02 bits per heavy atom. The van der Waals surface area contributed by atoms with Gasteiger partial charge in [-0.3, -0.25) is 19.7 Å². The second-order valence-corrected chi connectivity index (χ2v) is 14.8. The molecule has 0 spiro atoms. The zero-order valence-corrected chi connectivity index (χ0v) is 26.9. The first kappa shape index (κ1) is 32.1. The zero-order valence-electron chi connectivity index (χ0n) is 25.3. The van der Waals surface area contributed by atoms with Gasteiger partial charge in [-0.2, -0.15) is 4.31 Å². The van der Waals surface area contributed by atoms with Crippen molar-refractivity contribution in [2.24, 2.45) is 0 Å². The normalized spacial score (nSPS) is 18.0. The van der Waals surface area contributed by atoms with Gasteiger partial charge in [-0.1, -0.05) is 38.5 Å². The number of urea groups is 1. The number of rotatable bonds is 7. The summed E-state index contributed by atoms with van der Waals surface area (Å²) in [5.41, 5.74) is 1.12. The minimum Gasteiger partial charge on any atom is -0.341 e. The average molecular weight is 644 g/mol. The van der Waals surface area contributed by atoms with E-state index in [1.54, 1.807) is 9.21 Å². The van der Waals surface area contributed by atoms with Gasteiger partial charge in [0.25, 0.3) is 11.8 Å². The smallest absolute Gasteiger partial charge is 0.321 e. The molecular weight excluding hydrogens is 603 g/mol. The van der Waals surface area contributed by atoms with Gasteiger partial charge in [0.2, 0.25) is 15.9 Å². The van der Waals surface area contributed by atoms with Gasteiger partial charge in [0, 0.05) is 43.0 Å². The van der Waals surface area contributed by atoms with Crippen LogP contribution < -0.4 is 16.0 Å². The maximum Gasteiger partial charge on any atom is 0.321 e. The number of anilines is 1. The van der Waals surface area contributed by atoms with Gasteiger partial charge in [-0.05, 0) is 61.9 Å². The molecule has 0 unspecified atom stereocenters. The van der Waals surface area contributed by atoms with Crippen LogP contribution in [0.25, 0.3) is 0 Å². The highest BCUT2D eigenvalue weighted by Crippen LogP contribution is 2.38. The molecule has 44 heavy (non-hydrogen) atoms. The first-order valence-electron chi connectivity index (χ1n) is 15.5. The number of carbonyl (C=O) groups is 4. The van der Waals surface area contributed by atoms with E-state index in [1.807, 2.05) is 0 Å². The molecule has 1 aliphatic heterocycles. The highest BCUT2D eigenvalue weighted by Gasteiger charge is 2.38. The molecule has 3 aliphatic rings. The Hall–Kier alpha value is -3.29. The van der Waals surface area contributed by atoms with Crippen molar-refractivity contribution < 1.29 is 27.6 Å². The molecule has 3 N–H and O–H groups in total. The molecule has 238 valence electrons. The summed E-state index contributed by atoms with van der Waals surface area (Å²) in [6.45, 7) is 2.20. The Morgan fingerprint density at radius 1 is 0.886 bits per heavy atom. The van der Waals surface area contributed by atoms with Crippen LogP contribution >= 0.6 is 11.3 Å². The molecule has 5 rings (SSSR count). The highest BCUT2D eigenvalue weighted by atomic mass is 32.2. The van der Waals surface area contributed by atoms with Gasteiger partial charge in [0.05, 0.1) is 17.0 Å². The number of amides is 5. The zero-order chi connectivity index (χ0) is 31.4. The lowest BCUT2D eigenvalue weighted by molar-refractivity contribution is -0.129. The summed E-state index contributed by atoms with van der Waals surface area (Å²) in [4.78, 5) is 53.0. The van der Waals surface area contributed by atoms with Crippen molar-refractivity contribution in [2.45, 2.75) is 101 Å². The van der Waals surface area contributed by atoms with Gasteiger partial charge in [0.15, 0.2) is 0 Å². The predicted octanol–water partition coefficient (Wildman–Crippen LogP) is 4.63. The van der Waals surface area contributed by atoms with Crippen molar-refractivity contribution in [3.8, 4) is 0 Å². The van der Waals surface area contributed by atoms with E-state index in [-0.39, 0.29) is 39.0 Å². The van der Waals surface area contributed by atoms with Crippen molar-refractivity contribution in [1.82, 2.24) is 19.8 Å². The van der Waals surface area contributed by atoms with Crippen LogP contribution in [0.1, 0.15) is 102 Å². The topological polar surface area (TPSA) is 145 Å². The minimum atomic E-state index is -3.77. The number of hydrogen-bond donors (Lipinski definition) is 3. The van der Waals surface area contributed by atoms with Crippen LogP contribution in [0.5, 0.6) is 0 Å². The van der Waals surface area contributed by atoms with Gasteiger partial charge in [-0.15, -0.1) is 11.3 Å². The molecule has 2 heterocycles. The summed E-state index contributed by atoms with van der Waals surface area (Å²) in [6, 6.07) is 5.31. The largest absolute Gasteiger partial charge is 0.341 e. The van der Waals surface area contributed by atoms with Crippen LogP contribution in [0.3, 0.4) is 0 Å². The molecule has 0 atom stereocenters. The van der Waals surface area contributed by atoms with Gasteiger partial charge in [-0.25, -0.2) is 13.2 Å². The van der Waals surface area contributed by atoms with Crippen molar-refractivity contribution >= 4 is 50.1 Å². The van der Waals surface area contributed by atoms with Crippen molar-refractivity contribution in [2.75, 3.05) is 18.9 Å². The summed E-state index contributed by atoms with van der Waals surface area (Å²) in [5, 5.41) is 7.70. The number of carbonyl (C=O) groups excluding carboxylic acids is 4. The maximum absolute atomic E-state index is 14.0. The van der Waals surface area contributed by atoms with Crippen molar-refractivity contribution in [3.63, 3.8) is 0 Å². The number of benzene rings is 1. The standard InChI is InChI=1S/C31H41N5O6S2/c1-20(37)35-18-17-25-26(19-35)43-30(27(25)29(39)34-31(40)32-2)33-28(38)21-13-15-24(16-14-21)44(41,42)36(22-9-5-3-6-10-22)23-11-7-4-8-12-23/h13-16,22-23H,3-12,17-19H2,1-2H3,(H,33,38)(H2,32,34,39,40). The first-order chi connectivity index (χ1) is 21.1. The number of fused-ring (bicyclic) bond motifs is 1. The molecular formula is C31H41N5O6S2. The SMILES string of the molecule is CNC(=O)NC(=O)c1c(NC(=O)c2ccc(S(=O)(=O)N(C3CCCCC3)C3CCCCC3)cc2)sc2c1CCN(C(C)=O)C2. The van der Waals surface area contributed by atoms with Crippen LogP contribution in [-0.2, 0) is 27.8 Å². The van der Waals surface area contributed by atoms with E-state index in [2.05, 4.69) is 16.0 Å². The quantitative estimate of drug-likeness (QED) is 0.401. The summed E-state index contributed by atoms with van der Waals surface area (Å²) in [6.07, 6.45) is 10.3. The van der Waals surface area contributed by atoms with E-state index in [0.29, 0.717) is 25.1 Å². The fraction of sp³-hybridized carbons (Fsp3) is 0.548. The number of nitrogens with one attached hydrogen (secondary N) is 3. The fourth-order valence-corrected chi connectivity index (χ4v) is 9.85. The van der Waals surface area contributed by atoms with Crippen LogP contribution in [0, 0.1) is 0 Å². The number of thiophene rings is 1. The Kier molecular flexibility index (Phi) is 10.1. The molecule has 11 nitrogen and oxygen atoms in total. The van der Waals surface area contributed by atoms with Crippen LogP contribution in [0.15, 0.2) is 29.2 Å². The van der Waals surface area contributed by atoms with E-state index in [0.717, 1.165) is 69.1 Å². The Balaban J connectivity index is 1.39. The third-order valence-corrected chi connectivity index (χ3v) is 12.1. The molecule has 2 fully saturated rings. The minimum absolute atomic E-state index is 0.00275. The van der Waals surface area contributed by atoms with Crippen molar-refractivity contribution in [1.29, 1.82) is 0 Å². The highest BCUT2D eigenvalue weighted by molar-refractivity contribution is 7.89. The van der Waals surface area contributed by atoms with E-state index in [4.69, 9.17) is 0 Å². The second-order valence-electron chi connectivity index (χ2n) is 11.8. The molecule has 2 saturated carbocycles. The van der Waals surface area contributed by atoms with Gasteiger partial charge >= 0.3 is 6.03 Å². The van der Waals surface area contributed by atoms with Gasteiger partial charge < -0.3 is 15.5 Å². The number of hydrogen-bond acceptors (Lipinski definition) is 7. The van der Waals surface area contributed by atoms with E-state index < -0.39 is 27.9 Å². The maximum atomic E-state index is 14.0. The van der Waals surface area contributed by atoms with Crippen LogP contribution in [0.4, 0.5) is 9.80 Å². The first-order valence-corrected chi connectivity index (χ1v) is 17.7. The average Bonchev–Trinajstić information content (AvgIpc) is 3.39. The Bertz CT molecular complexity index is 1490. The molecule has 1 aromatic heterocycles. The monoisotopic (exact) mass is 643 g/mol. The lowest BCUT2D eigenvalue weighted by atomic mass is 9.91. The molecule has 0 radical (unpaired) electrons. The summed E-state index contributed by atoms with van der Waals surface area (Å²) in [7, 11) is -2.37. The molecule has 13 heteroatoms. The third-order valence-electron chi connectivity index (χ3n) is 8.97. The number of imide groups is 1. The molecule has 5 amide bonds. The molecule has 2 aromatic rings. The molecule has 1 aromatic carbocycles. The van der Waals surface area contributed by atoms with E-state index in [9.17, 15) is 27.6 Å².